The Bertz CT molecular complexity index is 874. The largest absolute Gasteiger partial charge is 0.494 e. The molecule has 1 N–H and O–H groups in total. The van der Waals surface area contributed by atoms with Crippen LogP contribution in [0.4, 0.5) is 0 Å². The predicted molar refractivity (Wildman–Crippen MR) is 112 cm³/mol. The predicted octanol–water partition coefficient (Wildman–Crippen LogP) is 3.43. The maximum absolute atomic E-state index is 12.0. The van der Waals surface area contributed by atoms with Gasteiger partial charge in [-0.05, 0) is 51.6 Å². The molecule has 154 valence electrons. The first-order valence-electron chi connectivity index (χ1n) is 10.3. The number of nitrogens with zero attached hydrogens (tertiary/aromatic N) is 1. The minimum atomic E-state index is -0.370. The Morgan fingerprint density at radius 3 is 2.41 bits per heavy atom. The highest BCUT2D eigenvalue weighted by Gasteiger charge is 2.51. The minimum Gasteiger partial charge on any atom is -0.469 e. The molecule has 1 aromatic carbocycles. The fourth-order valence-electron chi connectivity index (χ4n) is 4.19. The molecule has 2 aliphatic rings. The topological polar surface area (TPSA) is 73.4 Å². The van der Waals surface area contributed by atoms with Gasteiger partial charge in [-0.1, -0.05) is 30.7 Å². The molecule has 2 fully saturated rings. The van der Waals surface area contributed by atoms with Gasteiger partial charge in [0.05, 0.1) is 36.1 Å². The lowest BCUT2D eigenvalue weighted by Crippen LogP contribution is -2.41. The lowest BCUT2D eigenvalue weighted by molar-refractivity contribution is -0.145. The quantitative estimate of drug-likeness (QED) is 0.633. The number of methoxy groups -OCH3 is 1. The van der Waals surface area contributed by atoms with Gasteiger partial charge in [0.25, 0.3) is 0 Å². The van der Waals surface area contributed by atoms with E-state index in [0.29, 0.717) is 0 Å². The van der Waals surface area contributed by atoms with Crippen molar-refractivity contribution in [1.29, 1.82) is 0 Å². The van der Waals surface area contributed by atoms with Gasteiger partial charge in [0, 0.05) is 5.92 Å². The number of hydrogen-bond acceptors (Lipinski definition) is 5. The molecular weight excluding hydrogens is 367 g/mol. The lowest BCUT2D eigenvalue weighted by Gasteiger charge is -2.32. The van der Waals surface area contributed by atoms with Gasteiger partial charge in [-0.3, -0.25) is 4.79 Å². The molecule has 2 atom stereocenters. The number of aromatic amines is 1. The molecule has 1 aliphatic heterocycles. The number of aromatic nitrogens is 2. The first-order chi connectivity index (χ1) is 13.7. The highest BCUT2D eigenvalue weighted by Crippen LogP contribution is 2.40. The molecule has 2 heterocycles. The summed E-state index contributed by atoms with van der Waals surface area (Å²) in [6.07, 6.45) is 4.67. The number of esters is 1. The third-order valence-electron chi connectivity index (χ3n) is 6.71. The third kappa shape index (κ3) is 3.62. The SMILES string of the molecule is COC(=O)[C@@H]1CCC[C@H]1c1ncc(-c2ccc(B3OC(C)(C)C(C)(C)O3)cc2)[nH]1. The van der Waals surface area contributed by atoms with E-state index < -0.39 is 0 Å². The monoisotopic (exact) mass is 396 g/mol. The van der Waals surface area contributed by atoms with Crippen LogP contribution in [-0.2, 0) is 18.8 Å². The number of rotatable bonds is 4. The van der Waals surface area contributed by atoms with E-state index in [1.807, 2.05) is 30.5 Å². The molecule has 1 saturated carbocycles. The Hall–Kier alpha value is -2.12. The van der Waals surface area contributed by atoms with Crippen LogP contribution in [0.15, 0.2) is 30.5 Å². The Kier molecular flexibility index (Phi) is 5.07. The molecule has 2 aromatic rings. The highest BCUT2D eigenvalue weighted by molar-refractivity contribution is 6.62. The van der Waals surface area contributed by atoms with Crippen molar-refractivity contribution in [1.82, 2.24) is 9.97 Å². The molecule has 6 nitrogen and oxygen atoms in total. The number of imidazole rings is 1. The van der Waals surface area contributed by atoms with Gasteiger partial charge in [-0.25, -0.2) is 4.98 Å². The van der Waals surface area contributed by atoms with E-state index in [0.717, 1.165) is 41.8 Å². The van der Waals surface area contributed by atoms with Crippen molar-refractivity contribution < 1.29 is 18.8 Å². The first kappa shape index (κ1) is 20.2. The Morgan fingerprint density at radius 2 is 1.79 bits per heavy atom. The first-order valence-corrected chi connectivity index (χ1v) is 10.3. The van der Waals surface area contributed by atoms with E-state index in [1.54, 1.807) is 0 Å². The summed E-state index contributed by atoms with van der Waals surface area (Å²) in [5, 5.41) is 0. The summed E-state index contributed by atoms with van der Waals surface area (Å²) >= 11 is 0. The molecule has 7 heteroatoms. The van der Waals surface area contributed by atoms with Crippen LogP contribution in [0.2, 0.25) is 0 Å². The summed E-state index contributed by atoms with van der Waals surface area (Å²) in [7, 11) is 1.08. The third-order valence-corrected chi connectivity index (χ3v) is 6.71. The number of H-pyrrole nitrogens is 1. The van der Waals surface area contributed by atoms with Crippen LogP contribution in [0, 0.1) is 5.92 Å². The number of carbonyl (C=O) groups is 1. The zero-order valence-electron chi connectivity index (χ0n) is 17.8. The van der Waals surface area contributed by atoms with Gasteiger partial charge in [0.1, 0.15) is 5.82 Å². The van der Waals surface area contributed by atoms with Crippen LogP contribution in [0.1, 0.15) is 58.7 Å². The summed E-state index contributed by atoms with van der Waals surface area (Å²) in [6, 6.07) is 8.16. The van der Waals surface area contributed by atoms with Gasteiger partial charge < -0.3 is 19.0 Å². The zero-order valence-corrected chi connectivity index (χ0v) is 17.8. The van der Waals surface area contributed by atoms with E-state index in [9.17, 15) is 4.79 Å². The van der Waals surface area contributed by atoms with Gasteiger partial charge in [-0.2, -0.15) is 0 Å². The Morgan fingerprint density at radius 1 is 1.14 bits per heavy atom. The van der Waals surface area contributed by atoms with E-state index in [1.165, 1.54) is 7.11 Å². The van der Waals surface area contributed by atoms with Crippen molar-refractivity contribution >= 4 is 18.6 Å². The van der Waals surface area contributed by atoms with Gasteiger partial charge in [0.15, 0.2) is 0 Å². The molecule has 0 radical (unpaired) electrons. The summed E-state index contributed by atoms with van der Waals surface area (Å²) < 4.78 is 17.2. The second-order valence-corrected chi connectivity index (χ2v) is 9.06. The maximum Gasteiger partial charge on any atom is 0.494 e. The second-order valence-electron chi connectivity index (χ2n) is 9.06. The number of hydrogen-bond donors (Lipinski definition) is 1. The van der Waals surface area contributed by atoms with Crippen molar-refractivity contribution in [3.8, 4) is 11.3 Å². The van der Waals surface area contributed by atoms with Crippen molar-refractivity contribution in [3.05, 3.63) is 36.3 Å². The molecule has 0 spiro atoms. The number of ether oxygens (including phenoxy) is 1. The molecule has 0 amide bonds. The second kappa shape index (κ2) is 7.29. The van der Waals surface area contributed by atoms with E-state index >= 15 is 0 Å². The molecule has 29 heavy (non-hydrogen) atoms. The Labute approximate surface area is 172 Å². The smallest absolute Gasteiger partial charge is 0.469 e. The fraction of sp³-hybridized carbons (Fsp3) is 0.545. The molecule has 0 bridgehead atoms. The summed E-state index contributed by atoms with van der Waals surface area (Å²) in [6.45, 7) is 8.21. The summed E-state index contributed by atoms with van der Waals surface area (Å²) in [5.74, 6) is 0.713. The fourth-order valence-corrected chi connectivity index (χ4v) is 4.19. The molecule has 1 saturated heterocycles. The van der Waals surface area contributed by atoms with Crippen LogP contribution in [0.25, 0.3) is 11.3 Å². The van der Waals surface area contributed by atoms with Crippen molar-refractivity contribution in [2.24, 2.45) is 5.92 Å². The number of benzene rings is 1. The van der Waals surface area contributed by atoms with E-state index in [4.69, 9.17) is 14.0 Å². The van der Waals surface area contributed by atoms with Crippen LogP contribution in [-0.4, -0.2) is 41.4 Å². The minimum absolute atomic E-state index is 0.0974. The van der Waals surface area contributed by atoms with Gasteiger partial charge in [-0.15, -0.1) is 0 Å². The number of carbonyl (C=O) groups excluding carboxylic acids is 1. The highest BCUT2D eigenvalue weighted by atomic mass is 16.7. The maximum atomic E-state index is 12.0. The van der Waals surface area contributed by atoms with Crippen LogP contribution in [0.3, 0.4) is 0 Å². The number of nitrogens with one attached hydrogen (secondary N) is 1. The molecular formula is C22H29BN2O4. The summed E-state index contributed by atoms with van der Waals surface area (Å²) in [5.41, 5.74) is 2.26. The Balaban J connectivity index is 1.50. The average molecular weight is 396 g/mol. The summed E-state index contributed by atoms with van der Waals surface area (Å²) in [4.78, 5) is 20.0. The van der Waals surface area contributed by atoms with Crippen LogP contribution >= 0.6 is 0 Å². The van der Waals surface area contributed by atoms with Gasteiger partial charge >= 0.3 is 13.1 Å². The van der Waals surface area contributed by atoms with Crippen LogP contribution < -0.4 is 5.46 Å². The van der Waals surface area contributed by atoms with Crippen molar-refractivity contribution in [2.75, 3.05) is 7.11 Å². The average Bonchev–Trinajstić information content (AvgIpc) is 3.39. The van der Waals surface area contributed by atoms with E-state index in [2.05, 4.69) is 37.7 Å². The van der Waals surface area contributed by atoms with Crippen molar-refractivity contribution in [3.63, 3.8) is 0 Å². The van der Waals surface area contributed by atoms with E-state index in [-0.39, 0.29) is 36.1 Å². The standard InChI is InChI=1S/C22H29BN2O4/c1-21(2)22(3,4)29-23(28-21)15-11-9-14(10-12-15)18-13-24-19(25-18)16-7-6-8-17(16)20(26)27-5/h9-13,16-17H,6-8H2,1-5H3,(H,24,25)/t16-,17-/m1/s1. The normalized spacial score (nSPS) is 25.3. The van der Waals surface area contributed by atoms with Crippen LogP contribution in [0.5, 0.6) is 0 Å². The molecule has 0 unspecified atom stereocenters. The lowest BCUT2D eigenvalue weighted by atomic mass is 9.79. The molecule has 4 rings (SSSR count). The molecule has 1 aliphatic carbocycles. The van der Waals surface area contributed by atoms with Crippen molar-refractivity contribution in [2.45, 2.75) is 64.1 Å². The zero-order chi connectivity index (χ0) is 20.8. The van der Waals surface area contributed by atoms with Gasteiger partial charge in [0.2, 0.25) is 0 Å². The molecule has 1 aromatic heterocycles.